The Hall–Kier alpha value is -0.120. The van der Waals surface area contributed by atoms with Gasteiger partial charge in [-0.05, 0) is 38.5 Å². The van der Waals surface area contributed by atoms with E-state index in [1.807, 2.05) is 0 Å². The third kappa shape index (κ3) is 4.22. The van der Waals surface area contributed by atoms with E-state index >= 15 is 0 Å². The van der Waals surface area contributed by atoms with Gasteiger partial charge >= 0.3 is 0 Å². The Bertz CT molecular complexity index is 231. The molecule has 1 aliphatic heterocycles. The summed E-state index contributed by atoms with van der Waals surface area (Å²) < 4.78 is 5.46. The van der Waals surface area contributed by atoms with Crippen molar-refractivity contribution in [3.05, 3.63) is 0 Å². The molecule has 0 bridgehead atoms. The quantitative estimate of drug-likeness (QED) is 0.673. The highest BCUT2D eigenvalue weighted by Crippen LogP contribution is 2.34. The average Bonchev–Trinajstić information content (AvgIpc) is 3.21. The maximum absolute atomic E-state index is 5.46. The van der Waals surface area contributed by atoms with Gasteiger partial charge in [0.1, 0.15) is 0 Å². The second kappa shape index (κ2) is 7.46. The van der Waals surface area contributed by atoms with Crippen LogP contribution in [0.3, 0.4) is 0 Å². The molecule has 0 aromatic carbocycles. The van der Waals surface area contributed by atoms with Crippen LogP contribution in [0.4, 0.5) is 0 Å². The molecule has 1 heterocycles. The number of ether oxygens (including phenoxy) is 1. The zero-order valence-corrected chi connectivity index (χ0v) is 12.2. The zero-order chi connectivity index (χ0) is 12.8. The second-order valence-electron chi connectivity index (χ2n) is 5.84. The molecule has 106 valence electrons. The van der Waals surface area contributed by atoms with Gasteiger partial charge in [0.25, 0.3) is 0 Å². The normalized spacial score (nSPS) is 29.7. The minimum absolute atomic E-state index is 0.756. The number of nitrogens with zero attached hydrogens (tertiary/aromatic N) is 1. The first-order valence-electron chi connectivity index (χ1n) is 7.90. The van der Waals surface area contributed by atoms with Gasteiger partial charge in [-0.2, -0.15) is 0 Å². The zero-order valence-electron chi connectivity index (χ0n) is 12.2. The van der Waals surface area contributed by atoms with Crippen LogP contribution in [0.15, 0.2) is 0 Å². The molecule has 1 saturated carbocycles. The Kier molecular flexibility index (Phi) is 5.93. The van der Waals surface area contributed by atoms with E-state index in [1.165, 1.54) is 51.7 Å². The lowest BCUT2D eigenvalue weighted by Gasteiger charge is -2.40. The van der Waals surface area contributed by atoms with Crippen molar-refractivity contribution < 1.29 is 4.74 Å². The Morgan fingerprint density at radius 3 is 2.78 bits per heavy atom. The molecule has 0 aromatic rings. The van der Waals surface area contributed by atoms with Crippen molar-refractivity contribution >= 4 is 0 Å². The van der Waals surface area contributed by atoms with Gasteiger partial charge in [-0.25, -0.2) is 0 Å². The van der Waals surface area contributed by atoms with Gasteiger partial charge in [0.15, 0.2) is 0 Å². The van der Waals surface area contributed by atoms with Crippen LogP contribution in [0.1, 0.15) is 46.0 Å². The second-order valence-corrected chi connectivity index (χ2v) is 5.84. The monoisotopic (exact) mass is 254 g/mol. The summed E-state index contributed by atoms with van der Waals surface area (Å²) >= 11 is 0. The van der Waals surface area contributed by atoms with Gasteiger partial charge in [-0.15, -0.1) is 0 Å². The Labute approximate surface area is 112 Å². The van der Waals surface area contributed by atoms with Gasteiger partial charge in [-0.1, -0.05) is 13.3 Å². The molecule has 1 N–H and O–H groups in total. The molecule has 0 amide bonds. The SMILES string of the molecule is CCCC1CNC(C2CC2)CN1CCCOCC. The van der Waals surface area contributed by atoms with Gasteiger partial charge in [0, 0.05) is 44.9 Å². The van der Waals surface area contributed by atoms with E-state index in [-0.39, 0.29) is 0 Å². The lowest BCUT2D eigenvalue weighted by atomic mass is 10.0. The third-order valence-electron chi connectivity index (χ3n) is 4.31. The number of rotatable bonds is 8. The highest BCUT2D eigenvalue weighted by molar-refractivity contribution is 4.94. The van der Waals surface area contributed by atoms with Crippen LogP contribution in [0.2, 0.25) is 0 Å². The van der Waals surface area contributed by atoms with Crippen LogP contribution in [0.25, 0.3) is 0 Å². The summed E-state index contributed by atoms with van der Waals surface area (Å²) in [7, 11) is 0. The summed E-state index contributed by atoms with van der Waals surface area (Å²) in [6, 6.07) is 1.52. The van der Waals surface area contributed by atoms with E-state index in [1.54, 1.807) is 0 Å². The lowest BCUT2D eigenvalue weighted by molar-refractivity contribution is 0.0893. The fourth-order valence-corrected chi connectivity index (χ4v) is 3.10. The summed E-state index contributed by atoms with van der Waals surface area (Å²) in [6.45, 7) is 9.83. The van der Waals surface area contributed by atoms with Gasteiger partial charge < -0.3 is 10.1 Å². The first-order valence-corrected chi connectivity index (χ1v) is 7.90. The summed E-state index contributed by atoms with van der Waals surface area (Å²) in [5.41, 5.74) is 0. The molecular formula is C15H30N2O. The molecule has 0 radical (unpaired) electrons. The molecular weight excluding hydrogens is 224 g/mol. The van der Waals surface area contributed by atoms with E-state index in [4.69, 9.17) is 4.74 Å². The van der Waals surface area contributed by atoms with Crippen LogP contribution in [-0.2, 0) is 4.74 Å². The van der Waals surface area contributed by atoms with Crippen LogP contribution < -0.4 is 5.32 Å². The van der Waals surface area contributed by atoms with Crippen molar-refractivity contribution in [3.63, 3.8) is 0 Å². The summed E-state index contributed by atoms with van der Waals surface area (Å²) in [6.07, 6.45) is 6.71. The van der Waals surface area contributed by atoms with Gasteiger partial charge in [-0.3, -0.25) is 4.90 Å². The van der Waals surface area contributed by atoms with E-state index < -0.39 is 0 Å². The fraction of sp³-hybridized carbons (Fsp3) is 1.00. The summed E-state index contributed by atoms with van der Waals surface area (Å²) in [4.78, 5) is 2.72. The molecule has 18 heavy (non-hydrogen) atoms. The Morgan fingerprint density at radius 1 is 1.28 bits per heavy atom. The Morgan fingerprint density at radius 2 is 2.11 bits per heavy atom. The molecule has 2 unspecified atom stereocenters. The summed E-state index contributed by atoms with van der Waals surface area (Å²) in [5.74, 6) is 0.974. The van der Waals surface area contributed by atoms with Crippen LogP contribution in [0, 0.1) is 5.92 Å². The predicted octanol–water partition coefficient (Wildman–Crippen LogP) is 2.27. The lowest BCUT2D eigenvalue weighted by Crippen LogP contribution is -2.57. The maximum atomic E-state index is 5.46. The minimum Gasteiger partial charge on any atom is -0.382 e. The third-order valence-corrected chi connectivity index (χ3v) is 4.31. The van der Waals surface area contributed by atoms with Crippen LogP contribution in [0.5, 0.6) is 0 Å². The molecule has 1 aliphatic carbocycles. The molecule has 0 aromatic heterocycles. The van der Waals surface area contributed by atoms with E-state index in [2.05, 4.69) is 24.1 Å². The maximum Gasteiger partial charge on any atom is 0.0478 e. The number of hydrogen-bond donors (Lipinski definition) is 1. The van der Waals surface area contributed by atoms with Crippen LogP contribution >= 0.6 is 0 Å². The van der Waals surface area contributed by atoms with E-state index in [0.717, 1.165) is 31.2 Å². The smallest absolute Gasteiger partial charge is 0.0478 e. The predicted molar refractivity (Wildman–Crippen MR) is 75.9 cm³/mol. The minimum atomic E-state index is 0.756. The standard InChI is InChI=1S/C15H30N2O/c1-3-6-14-11-16-15(13-7-8-13)12-17(14)9-5-10-18-4-2/h13-16H,3-12H2,1-2H3. The molecule has 3 heteroatoms. The van der Waals surface area contributed by atoms with Crippen molar-refractivity contribution in [2.24, 2.45) is 5.92 Å². The van der Waals surface area contributed by atoms with Crippen molar-refractivity contribution in [1.29, 1.82) is 0 Å². The summed E-state index contributed by atoms with van der Waals surface area (Å²) in [5, 5.41) is 3.77. The highest BCUT2D eigenvalue weighted by atomic mass is 16.5. The molecule has 2 aliphatic rings. The molecule has 2 fully saturated rings. The molecule has 1 saturated heterocycles. The first kappa shape index (κ1) is 14.3. The molecule has 2 atom stereocenters. The number of hydrogen-bond acceptors (Lipinski definition) is 3. The van der Waals surface area contributed by atoms with E-state index in [0.29, 0.717) is 0 Å². The molecule has 0 spiro atoms. The number of piperazine rings is 1. The largest absolute Gasteiger partial charge is 0.382 e. The topological polar surface area (TPSA) is 24.5 Å². The molecule has 3 nitrogen and oxygen atoms in total. The van der Waals surface area contributed by atoms with Crippen molar-refractivity contribution in [2.45, 2.75) is 58.0 Å². The fourth-order valence-electron chi connectivity index (χ4n) is 3.10. The number of nitrogens with one attached hydrogen (secondary N) is 1. The van der Waals surface area contributed by atoms with Crippen molar-refractivity contribution in [1.82, 2.24) is 10.2 Å². The average molecular weight is 254 g/mol. The Balaban J connectivity index is 1.75. The van der Waals surface area contributed by atoms with Crippen molar-refractivity contribution in [2.75, 3.05) is 32.8 Å². The van der Waals surface area contributed by atoms with E-state index in [9.17, 15) is 0 Å². The van der Waals surface area contributed by atoms with Gasteiger partial charge in [0.2, 0.25) is 0 Å². The molecule has 2 rings (SSSR count). The van der Waals surface area contributed by atoms with Crippen LogP contribution in [-0.4, -0.2) is 49.8 Å². The van der Waals surface area contributed by atoms with Gasteiger partial charge in [0.05, 0.1) is 0 Å². The first-order chi connectivity index (χ1) is 8.85. The highest BCUT2D eigenvalue weighted by Gasteiger charge is 2.36. The van der Waals surface area contributed by atoms with Crippen molar-refractivity contribution in [3.8, 4) is 0 Å².